The highest BCUT2D eigenvalue weighted by atomic mass is 16.4. The number of nitrogens with zero attached hydrogens (tertiary/aromatic N) is 1. The van der Waals surface area contributed by atoms with E-state index >= 15 is 0 Å². The minimum absolute atomic E-state index is 0.0640. The van der Waals surface area contributed by atoms with E-state index in [2.05, 4.69) is 0 Å². The van der Waals surface area contributed by atoms with Gasteiger partial charge in [-0.15, -0.1) is 0 Å². The predicted octanol–water partition coefficient (Wildman–Crippen LogP) is 1.17. The number of amides is 2. The van der Waals surface area contributed by atoms with Gasteiger partial charge in [-0.25, -0.2) is 0 Å². The van der Waals surface area contributed by atoms with Crippen molar-refractivity contribution in [3.8, 4) is 0 Å². The van der Waals surface area contributed by atoms with Crippen LogP contribution in [0.25, 0.3) is 0 Å². The molecule has 0 unspecified atom stereocenters. The number of carboxylic acid groups (broad SMARTS) is 1. The van der Waals surface area contributed by atoms with Crippen molar-refractivity contribution < 1.29 is 19.5 Å². The van der Waals surface area contributed by atoms with Crippen molar-refractivity contribution in [3.05, 3.63) is 0 Å². The Morgan fingerprint density at radius 1 is 1.06 bits per heavy atom. The summed E-state index contributed by atoms with van der Waals surface area (Å²) in [5, 5.41) is 8.89. The topological polar surface area (TPSA) is 74.7 Å². The molecule has 1 saturated carbocycles. The molecule has 94 valence electrons. The Kier molecular flexibility index (Phi) is 3.45. The molecule has 0 bridgehead atoms. The Morgan fingerprint density at radius 3 is 2.06 bits per heavy atom. The lowest BCUT2D eigenvalue weighted by Gasteiger charge is -2.36. The van der Waals surface area contributed by atoms with E-state index in [4.69, 9.17) is 5.11 Å². The first-order valence-corrected chi connectivity index (χ1v) is 6.17. The highest BCUT2D eigenvalue weighted by Crippen LogP contribution is 2.30. The van der Waals surface area contributed by atoms with E-state index in [1.165, 1.54) is 4.90 Å². The lowest BCUT2D eigenvalue weighted by Crippen LogP contribution is -2.48. The predicted molar refractivity (Wildman–Crippen MR) is 59.1 cm³/mol. The number of carbonyl (C=O) groups excluding carboxylic acids is 2. The molecule has 0 aromatic heterocycles. The van der Waals surface area contributed by atoms with Crippen molar-refractivity contribution in [1.82, 2.24) is 4.90 Å². The summed E-state index contributed by atoms with van der Waals surface area (Å²) in [6.07, 6.45) is 3.95. The number of carboxylic acids is 1. The van der Waals surface area contributed by atoms with E-state index in [0.29, 0.717) is 44.9 Å². The van der Waals surface area contributed by atoms with Crippen molar-refractivity contribution in [3.63, 3.8) is 0 Å². The normalized spacial score (nSPS) is 30.5. The molecule has 17 heavy (non-hydrogen) atoms. The van der Waals surface area contributed by atoms with Crippen LogP contribution in [0.4, 0.5) is 0 Å². The van der Waals surface area contributed by atoms with Crippen molar-refractivity contribution in [2.75, 3.05) is 0 Å². The average molecular weight is 239 g/mol. The zero-order chi connectivity index (χ0) is 12.4. The second kappa shape index (κ2) is 4.85. The Labute approximate surface area is 99.8 Å². The largest absolute Gasteiger partial charge is 0.481 e. The maximum Gasteiger partial charge on any atom is 0.306 e. The first kappa shape index (κ1) is 12.1. The van der Waals surface area contributed by atoms with Crippen LogP contribution >= 0.6 is 0 Å². The summed E-state index contributed by atoms with van der Waals surface area (Å²) in [6, 6.07) is -0.0640. The number of aliphatic carboxylic acids is 1. The number of piperidine rings is 1. The number of imide groups is 1. The van der Waals surface area contributed by atoms with Crippen LogP contribution in [-0.4, -0.2) is 33.8 Å². The molecular formula is C12H17NO4. The van der Waals surface area contributed by atoms with E-state index in [0.717, 1.165) is 0 Å². The van der Waals surface area contributed by atoms with Crippen LogP contribution in [0.5, 0.6) is 0 Å². The number of likely N-dealkylation sites (tertiary alicyclic amines) is 1. The summed E-state index contributed by atoms with van der Waals surface area (Å²) >= 11 is 0. The van der Waals surface area contributed by atoms with E-state index in [-0.39, 0.29) is 23.8 Å². The average Bonchev–Trinajstić information content (AvgIpc) is 2.29. The molecule has 2 fully saturated rings. The zero-order valence-corrected chi connectivity index (χ0v) is 9.72. The van der Waals surface area contributed by atoms with Crippen LogP contribution in [-0.2, 0) is 14.4 Å². The van der Waals surface area contributed by atoms with E-state index < -0.39 is 5.97 Å². The van der Waals surface area contributed by atoms with Gasteiger partial charge in [0.25, 0.3) is 0 Å². The van der Waals surface area contributed by atoms with Crippen LogP contribution in [0, 0.1) is 5.92 Å². The van der Waals surface area contributed by atoms with Gasteiger partial charge in [-0.2, -0.15) is 0 Å². The van der Waals surface area contributed by atoms with Gasteiger partial charge in [-0.3, -0.25) is 19.3 Å². The minimum atomic E-state index is -0.764. The van der Waals surface area contributed by atoms with Gasteiger partial charge in [0, 0.05) is 18.9 Å². The molecule has 0 aromatic rings. The summed E-state index contributed by atoms with van der Waals surface area (Å²) in [5.74, 6) is -1.24. The molecule has 0 atom stereocenters. The standard InChI is InChI=1S/C12H17NO4/c14-10-2-1-3-11(15)13(10)9-6-4-8(5-7-9)12(16)17/h8-9H,1-7H2,(H,16,17). The van der Waals surface area contributed by atoms with Crippen LogP contribution in [0.3, 0.4) is 0 Å². The summed E-state index contributed by atoms with van der Waals surface area (Å²) < 4.78 is 0. The molecule has 1 heterocycles. The fraction of sp³-hybridized carbons (Fsp3) is 0.750. The quantitative estimate of drug-likeness (QED) is 0.734. The smallest absolute Gasteiger partial charge is 0.306 e. The van der Waals surface area contributed by atoms with E-state index in [9.17, 15) is 14.4 Å². The Balaban J connectivity index is 1.97. The Morgan fingerprint density at radius 2 is 1.59 bits per heavy atom. The lowest BCUT2D eigenvalue weighted by molar-refractivity contribution is -0.152. The van der Waals surface area contributed by atoms with Gasteiger partial charge in [-0.1, -0.05) is 0 Å². The molecule has 1 N–H and O–H groups in total. The van der Waals surface area contributed by atoms with Crippen LogP contribution in [0.1, 0.15) is 44.9 Å². The summed E-state index contributed by atoms with van der Waals surface area (Å²) in [5.41, 5.74) is 0. The van der Waals surface area contributed by atoms with Gasteiger partial charge in [0.2, 0.25) is 11.8 Å². The van der Waals surface area contributed by atoms with Gasteiger partial charge in [0.1, 0.15) is 0 Å². The highest BCUT2D eigenvalue weighted by Gasteiger charge is 2.36. The lowest BCUT2D eigenvalue weighted by atomic mass is 9.84. The molecule has 1 aliphatic heterocycles. The molecule has 0 radical (unpaired) electrons. The third kappa shape index (κ3) is 2.48. The van der Waals surface area contributed by atoms with Crippen molar-refractivity contribution in [2.45, 2.75) is 51.0 Å². The van der Waals surface area contributed by atoms with Crippen LogP contribution in [0.2, 0.25) is 0 Å². The van der Waals surface area contributed by atoms with Gasteiger partial charge in [0.05, 0.1) is 5.92 Å². The van der Waals surface area contributed by atoms with Gasteiger partial charge in [0.15, 0.2) is 0 Å². The molecule has 2 amide bonds. The number of hydrogen-bond acceptors (Lipinski definition) is 3. The minimum Gasteiger partial charge on any atom is -0.481 e. The van der Waals surface area contributed by atoms with Crippen molar-refractivity contribution in [1.29, 1.82) is 0 Å². The molecule has 2 rings (SSSR count). The zero-order valence-electron chi connectivity index (χ0n) is 9.72. The molecule has 1 aliphatic carbocycles. The third-order valence-electron chi connectivity index (χ3n) is 3.73. The molecule has 5 nitrogen and oxygen atoms in total. The van der Waals surface area contributed by atoms with Gasteiger partial charge < -0.3 is 5.11 Å². The maximum atomic E-state index is 11.7. The second-order valence-electron chi connectivity index (χ2n) is 4.85. The Hall–Kier alpha value is -1.39. The maximum absolute atomic E-state index is 11.7. The Bertz CT molecular complexity index is 328. The van der Waals surface area contributed by atoms with Gasteiger partial charge in [-0.05, 0) is 32.1 Å². The third-order valence-corrected chi connectivity index (χ3v) is 3.73. The van der Waals surface area contributed by atoms with E-state index in [1.54, 1.807) is 0 Å². The van der Waals surface area contributed by atoms with Gasteiger partial charge >= 0.3 is 5.97 Å². The second-order valence-corrected chi connectivity index (χ2v) is 4.85. The molecular weight excluding hydrogens is 222 g/mol. The fourth-order valence-electron chi connectivity index (χ4n) is 2.76. The fourth-order valence-corrected chi connectivity index (χ4v) is 2.76. The van der Waals surface area contributed by atoms with Crippen LogP contribution in [0.15, 0.2) is 0 Å². The number of carbonyl (C=O) groups is 3. The van der Waals surface area contributed by atoms with Crippen molar-refractivity contribution in [2.24, 2.45) is 5.92 Å². The first-order valence-electron chi connectivity index (χ1n) is 6.17. The highest BCUT2D eigenvalue weighted by molar-refractivity contribution is 5.97. The summed E-state index contributed by atoms with van der Waals surface area (Å²) in [6.45, 7) is 0. The monoisotopic (exact) mass is 239 g/mol. The molecule has 1 saturated heterocycles. The molecule has 2 aliphatic rings. The first-order chi connectivity index (χ1) is 8.09. The number of hydrogen-bond donors (Lipinski definition) is 1. The molecule has 5 heteroatoms. The van der Waals surface area contributed by atoms with E-state index in [1.807, 2.05) is 0 Å². The summed E-state index contributed by atoms with van der Waals surface area (Å²) in [4.78, 5) is 35.6. The number of rotatable bonds is 2. The molecule has 0 spiro atoms. The summed E-state index contributed by atoms with van der Waals surface area (Å²) in [7, 11) is 0. The molecule has 0 aromatic carbocycles. The van der Waals surface area contributed by atoms with Crippen molar-refractivity contribution >= 4 is 17.8 Å². The SMILES string of the molecule is O=C(O)C1CCC(N2C(=O)CCCC2=O)CC1. The van der Waals surface area contributed by atoms with Crippen LogP contribution < -0.4 is 0 Å².